The molecule has 1 amide bonds. The van der Waals surface area contributed by atoms with E-state index in [0.717, 1.165) is 12.0 Å². The first kappa shape index (κ1) is 17.3. The van der Waals surface area contributed by atoms with E-state index in [1.165, 1.54) is 0 Å². The molecule has 2 aromatic carbocycles. The van der Waals surface area contributed by atoms with E-state index in [4.69, 9.17) is 4.74 Å². The molecule has 1 saturated heterocycles. The molecule has 1 aliphatic carbocycles. The molecule has 0 spiro atoms. The molecule has 5 rings (SSSR count). The number of hydrogen-bond acceptors (Lipinski definition) is 3. The second kappa shape index (κ2) is 7.27. The minimum absolute atomic E-state index is 0.0168. The number of para-hydroxylation sites is 1. The Hall–Kier alpha value is -3.08. The van der Waals surface area contributed by atoms with Gasteiger partial charge >= 0.3 is 12.1 Å². The highest BCUT2D eigenvalue weighted by Gasteiger charge is 2.43. The van der Waals surface area contributed by atoms with E-state index in [2.05, 4.69) is 0 Å². The molecule has 0 saturated carbocycles. The van der Waals surface area contributed by atoms with Crippen molar-refractivity contribution < 1.29 is 19.4 Å². The number of rotatable bonds is 3. The van der Waals surface area contributed by atoms with Crippen molar-refractivity contribution in [2.75, 3.05) is 6.54 Å². The molecular weight excluding hydrogens is 342 g/mol. The van der Waals surface area contributed by atoms with Gasteiger partial charge in [-0.2, -0.15) is 0 Å². The molecule has 0 radical (unpaired) electrons. The predicted molar refractivity (Wildman–Crippen MR) is 101 cm³/mol. The largest absolute Gasteiger partial charge is 0.478 e. The van der Waals surface area contributed by atoms with Gasteiger partial charge in [0.05, 0.1) is 11.6 Å². The molecule has 5 heteroatoms. The summed E-state index contributed by atoms with van der Waals surface area (Å²) in [4.78, 5) is 26.3. The number of carboxylic acid groups (broad SMARTS) is 1. The first-order valence-electron chi connectivity index (χ1n) is 9.17. The van der Waals surface area contributed by atoms with Gasteiger partial charge in [-0.1, -0.05) is 54.6 Å². The summed E-state index contributed by atoms with van der Waals surface area (Å²) in [5.41, 5.74) is 1.37. The number of piperidine rings is 1. The van der Waals surface area contributed by atoms with Gasteiger partial charge in [-0.3, -0.25) is 0 Å². The van der Waals surface area contributed by atoms with Gasteiger partial charge in [0.15, 0.2) is 0 Å². The Morgan fingerprint density at radius 1 is 0.963 bits per heavy atom. The van der Waals surface area contributed by atoms with Crippen molar-refractivity contribution in [2.45, 2.75) is 24.8 Å². The van der Waals surface area contributed by atoms with Crippen LogP contribution in [-0.4, -0.2) is 34.7 Å². The SMILES string of the molecule is O=C(O)C1=C[C@H](c2ccccc2)C2CCC1N(C(=O)Oc1ccccc1)C2. The highest BCUT2D eigenvalue weighted by atomic mass is 16.6. The Morgan fingerprint density at radius 3 is 2.30 bits per heavy atom. The second-order valence-corrected chi connectivity index (χ2v) is 7.05. The van der Waals surface area contributed by atoms with Crippen LogP contribution in [-0.2, 0) is 4.79 Å². The van der Waals surface area contributed by atoms with Crippen LogP contribution in [0.3, 0.4) is 0 Å². The standard InChI is InChI=1S/C22H21NO4/c24-21(25)19-13-18(15-7-3-1-4-8-15)16-11-12-20(19)23(14-16)22(26)27-17-9-5-2-6-10-17/h1-10,13,16,18,20H,11-12,14H2,(H,24,25)/t16?,18-,20?/m1/s1. The predicted octanol–water partition coefficient (Wildman–Crippen LogP) is 4.07. The summed E-state index contributed by atoms with van der Waals surface area (Å²) in [5, 5.41) is 9.79. The van der Waals surface area contributed by atoms with Crippen LogP contribution in [0.15, 0.2) is 72.3 Å². The average molecular weight is 363 g/mol. The molecule has 2 heterocycles. The molecule has 1 N–H and O–H groups in total. The maximum Gasteiger partial charge on any atom is 0.415 e. The molecular formula is C22H21NO4. The van der Waals surface area contributed by atoms with Crippen molar-refractivity contribution in [1.82, 2.24) is 4.90 Å². The third-order valence-corrected chi connectivity index (χ3v) is 5.46. The number of carboxylic acids is 1. The minimum atomic E-state index is -0.971. The van der Waals surface area contributed by atoms with Gasteiger partial charge in [-0.25, -0.2) is 9.59 Å². The van der Waals surface area contributed by atoms with E-state index in [-0.39, 0.29) is 17.4 Å². The third-order valence-electron chi connectivity index (χ3n) is 5.46. The van der Waals surface area contributed by atoms with Crippen LogP contribution in [0, 0.1) is 5.92 Å². The fraction of sp³-hybridized carbons (Fsp3) is 0.273. The van der Waals surface area contributed by atoms with Crippen molar-refractivity contribution in [3.8, 4) is 5.75 Å². The third kappa shape index (κ3) is 3.45. The first-order valence-corrected chi connectivity index (χ1v) is 9.17. The summed E-state index contributed by atoms with van der Waals surface area (Å²) >= 11 is 0. The Bertz CT molecular complexity index is 862. The van der Waals surface area contributed by atoms with E-state index >= 15 is 0 Å². The van der Waals surface area contributed by atoms with E-state index in [1.54, 1.807) is 29.2 Å². The number of amides is 1. The topological polar surface area (TPSA) is 66.8 Å². The molecule has 5 nitrogen and oxygen atoms in total. The monoisotopic (exact) mass is 363 g/mol. The number of aliphatic carboxylic acids is 1. The molecule has 2 aliphatic heterocycles. The fourth-order valence-electron chi connectivity index (χ4n) is 4.16. The maximum atomic E-state index is 12.8. The number of nitrogens with zero attached hydrogens (tertiary/aromatic N) is 1. The first-order chi connectivity index (χ1) is 13.1. The lowest BCUT2D eigenvalue weighted by molar-refractivity contribution is -0.133. The maximum absolute atomic E-state index is 12.8. The quantitative estimate of drug-likeness (QED) is 0.892. The van der Waals surface area contributed by atoms with E-state index in [9.17, 15) is 14.7 Å². The number of carbonyl (C=O) groups excluding carboxylic acids is 1. The van der Waals surface area contributed by atoms with Crippen LogP contribution in [0.1, 0.15) is 24.3 Å². The van der Waals surface area contributed by atoms with Crippen LogP contribution in [0.25, 0.3) is 0 Å². The van der Waals surface area contributed by atoms with Crippen molar-refractivity contribution in [1.29, 1.82) is 0 Å². The van der Waals surface area contributed by atoms with Gasteiger partial charge in [0.25, 0.3) is 0 Å². The summed E-state index contributed by atoms with van der Waals surface area (Å²) in [6.45, 7) is 0.489. The zero-order chi connectivity index (χ0) is 18.8. The number of hydrogen-bond donors (Lipinski definition) is 1. The lowest BCUT2D eigenvalue weighted by atomic mass is 9.82. The molecule has 3 aliphatic rings. The van der Waals surface area contributed by atoms with Crippen molar-refractivity contribution in [2.24, 2.45) is 5.92 Å². The zero-order valence-corrected chi connectivity index (χ0v) is 14.8. The fourth-order valence-corrected chi connectivity index (χ4v) is 4.16. The average Bonchev–Trinajstić information content (AvgIpc) is 2.98. The Balaban J connectivity index is 1.65. The summed E-state index contributed by atoms with van der Waals surface area (Å²) in [6.07, 6.45) is 2.87. The molecule has 0 aromatic heterocycles. The smallest absolute Gasteiger partial charge is 0.415 e. The summed E-state index contributed by atoms with van der Waals surface area (Å²) < 4.78 is 5.50. The Labute approximate surface area is 157 Å². The number of carbonyl (C=O) groups is 2. The van der Waals surface area contributed by atoms with Crippen LogP contribution in [0.4, 0.5) is 4.79 Å². The van der Waals surface area contributed by atoms with Gasteiger partial charge in [-0.05, 0) is 36.5 Å². The van der Waals surface area contributed by atoms with E-state index in [1.807, 2.05) is 42.5 Å². The van der Waals surface area contributed by atoms with E-state index < -0.39 is 18.1 Å². The number of allylic oxidation sites excluding steroid dienone is 1. The van der Waals surface area contributed by atoms with Gasteiger partial charge in [0.1, 0.15) is 5.75 Å². The van der Waals surface area contributed by atoms with E-state index in [0.29, 0.717) is 18.7 Å². The number of ether oxygens (including phenoxy) is 1. The van der Waals surface area contributed by atoms with Crippen LogP contribution >= 0.6 is 0 Å². The van der Waals surface area contributed by atoms with Crippen molar-refractivity contribution in [3.63, 3.8) is 0 Å². The lowest BCUT2D eigenvalue weighted by Crippen LogP contribution is -2.49. The molecule has 27 heavy (non-hydrogen) atoms. The van der Waals surface area contributed by atoms with Gasteiger partial charge in [0.2, 0.25) is 0 Å². The van der Waals surface area contributed by atoms with Gasteiger partial charge < -0.3 is 14.7 Å². The molecule has 138 valence electrons. The molecule has 2 aromatic rings. The Morgan fingerprint density at radius 2 is 1.63 bits per heavy atom. The molecule has 2 bridgehead atoms. The summed E-state index contributed by atoms with van der Waals surface area (Å²) in [5.74, 6) is -0.357. The van der Waals surface area contributed by atoms with Crippen LogP contribution < -0.4 is 4.74 Å². The zero-order valence-electron chi connectivity index (χ0n) is 14.8. The van der Waals surface area contributed by atoms with Crippen LogP contribution in [0.2, 0.25) is 0 Å². The van der Waals surface area contributed by atoms with Crippen molar-refractivity contribution >= 4 is 12.1 Å². The number of benzene rings is 2. The molecule has 1 fully saturated rings. The van der Waals surface area contributed by atoms with Crippen molar-refractivity contribution in [3.05, 3.63) is 77.9 Å². The highest BCUT2D eigenvalue weighted by Crippen LogP contribution is 2.41. The Kier molecular flexibility index (Phi) is 4.67. The molecule has 2 unspecified atom stereocenters. The van der Waals surface area contributed by atoms with Gasteiger partial charge in [0, 0.05) is 12.5 Å². The van der Waals surface area contributed by atoms with Crippen LogP contribution in [0.5, 0.6) is 5.75 Å². The summed E-state index contributed by atoms with van der Waals surface area (Å²) in [7, 11) is 0. The highest BCUT2D eigenvalue weighted by molar-refractivity contribution is 5.89. The lowest BCUT2D eigenvalue weighted by Gasteiger charge is -2.38. The minimum Gasteiger partial charge on any atom is -0.478 e. The summed E-state index contributed by atoms with van der Waals surface area (Å²) in [6, 6.07) is 18.3. The van der Waals surface area contributed by atoms with Gasteiger partial charge in [-0.15, -0.1) is 0 Å². The second-order valence-electron chi connectivity index (χ2n) is 7.05. The normalized spacial score (nSPS) is 24.1. The molecule has 3 atom stereocenters. The number of fused-ring (bicyclic) bond motifs is 3.